The van der Waals surface area contributed by atoms with Crippen molar-refractivity contribution >= 4 is 29.2 Å². The average Bonchev–Trinajstić information content (AvgIpc) is 2.91. The molecule has 8 heteroatoms. The lowest BCUT2D eigenvalue weighted by Gasteiger charge is -2.11. The average molecular weight is 320 g/mol. The molecule has 114 valence electrons. The quantitative estimate of drug-likeness (QED) is 0.796. The fourth-order valence-electron chi connectivity index (χ4n) is 2.34. The van der Waals surface area contributed by atoms with Crippen LogP contribution in [0.5, 0.6) is 11.6 Å². The fraction of sp³-hybridized carbons (Fsp3) is 0.143. The Morgan fingerprint density at radius 3 is 2.73 bits per heavy atom. The van der Waals surface area contributed by atoms with E-state index in [1.807, 2.05) is 0 Å². The molecule has 0 unspecified atom stereocenters. The van der Waals surface area contributed by atoms with E-state index in [4.69, 9.17) is 15.2 Å². The number of halogens is 1. The molecule has 6 nitrogen and oxygen atoms in total. The van der Waals surface area contributed by atoms with Gasteiger partial charge in [0.05, 0.1) is 19.8 Å². The van der Waals surface area contributed by atoms with Crippen LogP contribution in [0, 0.1) is 0 Å². The Kier molecular flexibility index (Phi) is 3.76. The van der Waals surface area contributed by atoms with E-state index in [-0.39, 0.29) is 12.3 Å². The van der Waals surface area contributed by atoms with E-state index in [9.17, 15) is 3.89 Å². The van der Waals surface area contributed by atoms with Crippen molar-refractivity contribution in [3.8, 4) is 22.8 Å². The summed E-state index contributed by atoms with van der Waals surface area (Å²) in [7, 11) is 3.07. The topological polar surface area (TPSA) is 75.2 Å². The van der Waals surface area contributed by atoms with Crippen LogP contribution >= 0.6 is 12.3 Å². The second-order valence-electron chi connectivity index (χ2n) is 4.44. The van der Waals surface area contributed by atoms with Crippen molar-refractivity contribution in [1.82, 2.24) is 13.9 Å². The lowest BCUT2D eigenvalue weighted by atomic mass is 10.1. The summed E-state index contributed by atoms with van der Waals surface area (Å²) in [5.41, 5.74) is 7.46. The van der Waals surface area contributed by atoms with Gasteiger partial charge in [-0.1, -0.05) is 0 Å². The van der Waals surface area contributed by atoms with Crippen LogP contribution < -0.4 is 15.2 Å². The number of nitrogens with zero attached hydrogens (tertiary/aromatic N) is 3. The number of methoxy groups -OCH3 is 2. The zero-order valence-electron chi connectivity index (χ0n) is 11.9. The predicted octanol–water partition coefficient (Wildman–Crippen LogP) is 3.08. The Balaban J connectivity index is 2.36. The zero-order valence-corrected chi connectivity index (χ0v) is 12.7. The van der Waals surface area contributed by atoms with Gasteiger partial charge in [-0.25, -0.2) is 13.9 Å². The highest BCUT2D eigenvalue weighted by Crippen LogP contribution is 2.41. The number of anilines is 1. The van der Waals surface area contributed by atoms with Gasteiger partial charge in [-0.05, 0) is 18.2 Å². The Morgan fingerprint density at radius 1 is 1.23 bits per heavy atom. The largest absolute Gasteiger partial charge is 0.496 e. The third-order valence-corrected chi connectivity index (χ3v) is 3.70. The van der Waals surface area contributed by atoms with E-state index in [1.165, 1.54) is 11.1 Å². The minimum absolute atomic E-state index is 0.0460. The molecule has 0 atom stereocenters. The number of nitrogens with two attached hydrogens (primary N) is 1. The molecule has 0 amide bonds. The van der Waals surface area contributed by atoms with Crippen molar-refractivity contribution in [2.45, 2.75) is 0 Å². The normalized spacial score (nSPS) is 10.9. The van der Waals surface area contributed by atoms with Crippen molar-refractivity contribution in [3.05, 3.63) is 30.6 Å². The van der Waals surface area contributed by atoms with Gasteiger partial charge in [0.1, 0.15) is 11.6 Å². The van der Waals surface area contributed by atoms with Crippen molar-refractivity contribution in [3.63, 3.8) is 0 Å². The van der Waals surface area contributed by atoms with E-state index < -0.39 is 0 Å². The summed E-state index contributed by atoms with van der Waals surface area (Å²) < 4.78 is 25.2. The van der Waals surface area contributed by atoms with E-state index in [2.05, 4.69) is 9.97 Å². The molecule has 0 aliphatic rings. The fourth-order valence-corrected chi connectivity index (χ4v) is 2.69. The molecule has 0 radical (unpaired) electrons. The number of rotatable bonds is 4. The van der Waals surface area contributed by atoms with Crippen LogP contribution in [0.1, 0.15) is 0 Å². The third-order valence-electron chi connectivity index (χ3n) is 3.28. The van der Waals surface area contributed by atoms with Gasteiger partial charge in [0.2, 0.25) is 5.88 Å². The number of ether oxygens (including phenoxy) is 2. The molecule has 3 heterocycles. The minimum atomic E-state index is 0.0460. The maximum atomic E-state index is 13.2. The zero-order chi connectivity index (χ0) is 15.7. The Hall–Kier alpha value is -2.48. The van der Waals surface area contributed by atoms with E-state index in [1.54, 1.807) is 37.7 Å². The molecule has 0 saturated carbocycles. The number of hydrogen-bond acceptors (Lipinski definition) is 6. The first-order valence-electron chi connectivity index (χ1n) is 6.33. The molecule has 3 aromatic heterocycles. The van der Waals surface area contributed by atoms with Crippen LogP contribution in [0.3, 0.4) is 0 Å². The monoisotopic (exact) mass is 320 g/mol. The van der Waals surface area contributed by atoms with Crippen LogP contribution in [0.15, 0.2) is 30.6 Å². The molecule has 0 saturated heterocycles. The maximum Gasteiger partial charge on any atom is 0.224 e. The molecule has 2 N–H and O–H groups in total. The highest BCUT2D eigenvalue weighted by molar-refractivity contribution is 7.92. The molecule has 22 heavy (non-hydrogen) atoms. The highest BCUT2D eigenvalue weighted by atomic mass is 32.2. The minimum Gasteiger partial charge on any atom is -0.496 e. The lowest BCUT2D eigenvalue weighted by molar-refractivity contribution is 0.385. The van der Waals surface area contributed by atoms with Gasteiger partial charge in [0.15, 0.2) is 18.0 Å². The molecule has 3 rings (SSSR count). The van der Waals surface area contributed by atoms with Gasteiger partial charge < -0.3 is 15.2 Å². The van der Waals surface area contributed by atoms with Gasteiger partial charge in [-0.3, -0.25) is 0 Å². The number of fused-ring (bicyclic) bond motifs is 1. The molecule has 0 fully saturated rings. The molecule has 3 aromatic rings. The summed E-state index contributed by atoms with van der Waals surface area (Å²) in [4.78, 5) is 8.37. The summed E-state index contributed by atoms with van der Waals surface area (Å²) in [6.07, 6.45) is 3.20. The van der Waals surface area contributed by atoms with Gasteiger partial charge >= 0.3 is 0 Å². The summed E-state index contributed by atoms with van der Waals surface area (Å²) in [6.45, 7) is 0. The van der Waals surface area contributed by atoms with Crippen LogP contribution in [-0.4, -0.2) is 28.2 Å². The van der Waals surface area contributed by atoms with E-state index in [0.29, 0.717) is 34.2 Å². The Labute approximate surface area is 130 Å². The van der Waals surface area contributed by atoms with Gasteiger partial charge in [0, 0.05) is 23.3 Å². The van der Waals surface area contributed by atoms with Gasteiger partial charge in [0.25, 0.3) is 0 Å². The molecule has 0 spiro atoms. The predicted molar refractivity (Wildman–Crippen MR) is 84.6 cm³/mol. The van der Waals surface area contributed by atoms with Gasteiger partial charge in [-0.2, -0.15) is 0 Å². The van der Waals surface area contributed by atoms with Crippen molar-refractivity contribution in [1.29, 1.82) is 0 Å². The molecule has 0 aliphatic heterocycles. The summed E-state index contributed by atoms with van der Waals surface area (Å²) in [5.74, 6) is 1.28. The number of nitrogen functional groups attached to an aromatic ring is 1. The van der Waals surface area contributed by atoms with Crippen molar-refractivity contribution in [2.24, 2.45) is 0 Å². The Morgan fingerprint density at radius 2 is 2.05 bits per heavy atom. The molecule has 0 aliphatic carbocycles. The summed E-state index contributed by atoms with van der Waals surface area (Å²) in [6, 6.07) is 5.16. The Bertz CT molecular complexity index is 815. The molecule has 0 aromatic carbocycles. The second kappa shape index (κ2) is 5.72. The number of hydrogen-bond donors (Lipinski definition) is 1. The third kappa shape index (κ3) is 2.21. The number of aromatic nitrogens is 3. The van der Waals surface area contributed by atoms with Crippen LogP contribution in [0.2, 0.25) is 0 Å². The smallest absolute Gasteiger partial charge is 0.224 e. The summed E-state index contributed by atoms with van der Waals surface area (Å²) in [5, 5.41) is 0.726. The van der Waals surface area contributed by atoms with Crippen LogP contribution in [0.25, 0.3) is 22.2 Å². The van der Waals surface area contributed by atoms with Crippen molar-refractivity contribution in [2.75, 3.05) is 20.0 Å². The molecule has 0 bridgehead atoms. The standard InChI is InChI=1S/C14H13FN4O2S/c1-20-10-5-6-17-14(21-2)12(10)9-7-19(22-15)13-8(9)3-4-11(16)18-13/h3-7H,1-2H3,(H2,16,18). The highest BCUT2D eigenvalue weighted by Gasteiger charge is 2.20. The number of pyridine rings is 2. The first kappa shape index (κ1) is 14.5. The summed E-state index contributed by atoms with van der Waals surface area (Å²) >= 11 is 0.0460. The lowest BCUT2D eigenvalue weighted by Crippen LogP contribution is -1.95. The van der Waals surface area contributed by atoms with E-state index >= 15 is 0 Å². The van der Waals surface area contributed by atoms with Crippen LogP contribution in [0.4, 0.5) is 9.70 Å². The maximum absolute atomic E-state index is 13.2. The molecular formula is C14H13FN4O2S. The first-order valence-corrected chi connectivity index (χ1v) is 7.01. The second-order valence-corrected chi connectivity index (χ2v) is 4.97. The van der Waals surface area contributed by atoms with Crippen molar-refractivity contribution < 1.29 is 13.4 Å². The van der Waals surface area contributed by atoms with Gasteiger partial charge in [-0.15, -0.1) is 3.89 Å². The van der Waals surface area contributed by atoms with Crippen LogP contribution in [-0.2, 0) is 0 Å². The van der Waals surface area contributed by atoms with E-state index in [0.717, 1.165) is 5.39 Å². The molecular weight excluding hydrogens is 307 g/mol. The SMILES string of the molecule is COc1ccnc(OC)c1-c1cn(SF)c2nc(N)ccc12. The first-order chi connectivity index (χ1) is 10.7.